The van der Waals surface area contributed by atoms with E-state index < -0.39 is 17.8 Å². The van der Waals surface area contributed by atoms with E-state index in [1.54, 1.807) is 6.92 Å². The van der Waals surface area contributed by atoms with E-state index in [-0.39, 0.29) is 17.4 Å². The lowest BCUT2D eigenvalue weighted by Gasteiger charge is -2.06. The molecule has 0 spiro atoms. The highest BCUT2D eigenvalue weighted by Gasteiger charge is 2.15. The van der Waals surface area contributed by atoms with Crippen LogP contribution in [0.3, 0.4) is 0 Å². The summed E-state index contributed by atoms with van der Waals surface area (Å²) in [5.41, 5.74) is 0.211. The maximum atomic E-state index is 10.7. The van der Waals surface area contributed by atoms with Gasteiger partial charge in [0.25, 0.3) is 0 Å². The Bertz CT molecular complexity index is 449. The van der Waals surface area contributed by atoms with E-state index in [1.165, 1.54) is 0 Å². The third-order valence-electron chi connectivity index (χ3n) is 1.74. The third kappa shape index (κ3) is 2.80. The third-order valence-corrected chi connectivity index (χ3v) is 2.00. The molecule has 0 bridgehead atoms. The van der Waals surface area contributed by atoms with E-state index in [2.05, 4.69) is 15.3 Å². The van der Waals surface area contributed by atoms with Crippen LogP contribution < -0.4 is 5.32 Å². The van der Waals surface area contributed by atoms with Crippen LogP contribution in [0.5, 0.6) is 0 Å². The van der Waals surface area contributed by atoms with Crippen LogP contribution in [0.25, 0.3) is 0 Å². The van der Waals surface area contributed by atoms with Gasteiger partial charge in [-0.05, 0) is 6.92 Å². The Hall–Kier alpha value is -1.89. The molecule has 0 atom stereocenters. The van der Waals surface area contributed by atoms with Gasteiger partial charge >= 0.3 is 12.1 Å². The molecule has 7 nitrogen and oxygen atoms in total. The predicted molar refractivity (Wildman–Crippen MR) is 53.6 cm³/mol. The zero-order chi connectivity index (χ0) is 12.3. The van der Waals surface area contributed by atoms with E-state index in [1.807, 2.05) is 0 Å². The summed E-state index contributed by atoms with van der Waals surface area (Å²) in [6.45, 7) is 1.44. The first kappa shape index (κ1) is 12.2. The Labute approximate surface area is 95.1 Å². The molecular formula is C8H8ClN3O4. The summed E-state index contributed by atoms with van der Waals surface area (Å²) in [6.07, 6.45) is -1.23. The molecule has 0 aromatic carbocycles. The fraction of sp³-hybridized carbons (Fsp3) is 0.250. The van der Waals surface area contributed by atoms with Crippen LogP contribution in [-0.4, -0.2) is 32.2 Å². The summed E-state index contributed by atoms with van der Waals surface area (Å²) in [7, 11) is 0. The molecule has 86 valence electrons. The molecule has 16 heavy (non-hydrogen) atoms. The first-order chi connectivity index (χ1) is 7.41. The minimum atomic E-state index is -1.31. The van der Waals surface area contributed by atoms with Gasteiger partial charge in [0.2, 0.25) is 0 Å². The van der Waals surface area contributed by atoms with Crippen LogP contribution in [0.15, 0.2) is 0 Å². The van der Waals surface area contributed by atoms with Crippen molar-refractivity contribution in [1.29, 1.82) is 0 Å². The lowest BCUT2D eigenvalue weighted by molar-refractivity contribution is 0.0690. The molecule has 0 aliphatic heterocycles. The predicted octanol–water partition coefficient (Wildman–Crippen LogP) is 0.904. The number of halogens is 1. The Morgan fingerprint density at radius 2 is 2.00 bits per heavy atom. The second kappa shape index (κ2) is 4.75. The number of amides is 1. The number of carboxylic acid groups (broad SMARTS) is 2. The molecule has 8 heteroatoms. The summed E-state index contributed by atoms with van der Waals surface area (Å²) in [6, 6.07) is 0. The second-order valence-corrected chi connectivity index (χ2v) is 3.22. The van der Waals surface area contributed by atoms with Crippen LogP contribution in [0, 0.1) is 6.92 Å². The van der Waals surface area contributed by atoms with Crippen LogP contribution in [0.2, 0.25) is 5.15 Å². The van der Waals surface area contributed by atoms with Crippen LogP contribution in [-0.2, 0) is 6.54 Å². The van der Waals surface area contributed by atoms with Crippen molar-refractivity contribution < 1.29 is 19.8 Å². The van der Waals surface area contributed by atoms with Gasteiger partial charge in [0.15, 0.2) is 10.8 Å². The van der Waals surface area contributed by atoms with E-state index in [0.717, 1.165) is 0 Å². The molecule has 1 aromatic heterocycles. The average molecular weight is 246 g/mol. The Morgan fingerprint density at radius 1 is 1.38 bits per heavy atom. The number of nitrogens with zero attached hydrogens (tertiary/aromatic N) is 2. The van der Waals surface area contributed by atoms with Crippen LogP contribution in [0.1, 0.15) is 21.9 Å². The van der Waals surface area contributed by atoms with Gasteiger partial charge in [-0.2, -0.15) is 0 Å². The Morgan fingerprint density at radius 3 is 2.50 bits per heavy atom. The minimum Gasteiger partial charge on any atom is -0.476 e. The van der Waals surface area contributed by atoms with Crippen molar-refractivity contribution in [2.45, 2.75) is 13.5 Å². The van der Waals surface area contributed by atoms with Crippen molar-refractivity contribution in [2.75, 3.05) is 0 Å². The summed E-state index contributed by atoms with van der Waals surface area (Å²) in [5, 5.41) is 19.0. The Kier molecular flexibility index (Phi) is 3.62. The summed E-state index contributed by atoms with van der Waals surface area (Å²) < 4.78 is 0. The van der Waals surface area contributed by atoms with Crippen LogP contribution in [0.4, 0.5) is 4.79 Å². The fourth-order valence-electron chi connectivity index (χ4n) is 0.990. The van der Waals surface area contributed by atoms with Crippen molar-refractivity contribution in [3.63, 3.8) is 0 Å². The van der Waals surface area contributed by atoms with Crippen molar-refractivity contribution in [3.05, 3.63) is 22.2 Å². The SMILES string of the molecule is Cc1nc(Cl)c(C(=O)O)nc1CNC(=O)O. The van der Waals surface area contributed by atoms with Gasteiger partial charge in [0, 0.05) is 0 Å². The number of nitrogens with one attached hydrogen (secondary N) is 1. The number of aryl methyl sites for hydroxylation is 1. The summed E-state index contributed by atoms with van der Waals surface area (Å²) >= 11 is 5.57. The number of carboxylic acids is 1. The number of carbonyl (C=O) groups is 2. The molecular weight excluding hydrogens is 238 g/mol. The van der Waals surface area contributed by atoms with E-state index in [9.17, 15) is 9.59 Å². The number of aromatic nitrogens is 2. The van der Waals surface area contributed by atoms with Gasteiger partial charge in [0.05, 0.1) is 17.9 Å². The molecule has 1 amide bonds. The first-order valence-corrected chi connectivity index (χ1v) is 4.52. The lowest BCUT2D eigenvalue weighted by Crippen LogP contribution is -2.22. The molecule has 0 aliphatic carbocycles. The summed E-state index contributed by atoms with van der Waals surface area (Å²) in [5.74, 6) is -1.31. The standard InChI is InChI=1S/C8H8ClN3O4/c1-3-4(2-10-8(15)16)12-5(7(13)14)6(9)11-3/h10H,2H2,1H3,(H,13,14)(H,15,16). The highest BCUT2D eigenvalue weighted by molar-refractivity contribution is 6.32. The zero-order valence-electron chi connectivity index (χ0n) is 8.19. The van der Waals surface area contributed by atoms with Crippen molar-refractivity contribution in [3.8, 4) is 0 Å². The normalized spacial score (nSPS) is 9.88. The molecule has 0 fully saturated rings. The van der Waals surface area contributed by atoms with Gasteiger partial charge in [-0.15, -0.1) is 0 Å². The lowest BCUT2D eigenvalue weighted by atomic mass is 10.3. The van der Waals surface area contributed by atoms with Gasteiger partial charge < -0.3 is 15.5 Å². The van der Waals surface area contributed by atoms with Crippen LogP contribution >= 0.6 is 11.6 Å². The topological polar surface area (TPSA) is 112 Å². The number of rotatable bonds is 3. The molecule has 0 radical (unpaired) electrons. The smallest absolute Gasteiger partial charge is 0.404 e. The van der Waals surface area contributed by atoms with E-state index in [4.69, 9.17) is 21.8 Å². The second-order valence-electron chi connectivity index (χ2n) is 2.86. The van der Waals surface area contributed by atoms with E-state index >= 15 is 0 Å². The Balaban J connectivity index is 3.05. The molecule has 0 saturated carbocycles. The maximum Gasteiger partial charge on any atom is 0.404 e. The molecule has 3 N–H and O–H groups in total. The summed E-state index contributed by atoms with van der Waals surface area (Å²) in [4.78, 5) is 28.5. The van der Waals surface area contributed by atoms with E-state index in [0.29, 0.717) is 5.69 Å². The minimum absolute atomic E-state index is 0.119. The highest BCUT2D eigenvalue weighted by Crippen LogP contribution is 2.13. The molecule has 0 unspecified atom stereocenters. The average Bonchev–Trinajstić information content (AvgIpc) is 2.15. The largest absolute Gasteiger partial charge is 0.476 e. The van der Waals surface area contributed by atoms with Crippen molar-refractivity contribution in [2.24, 2.45) is 0 Å². The number of hydrogen-bond donors (Lipinski definition) is 3. The van der Waals surface area contributed by atoms with Crippen molar-refractivity contribution in [1.82, 2.24) is 15.3 Å². The van der Waals surface area contributed by atoms with Gasteiger partial charge in [-0.1, -0.05) is 11.6 Å². The molecule has 1 aromatic rings. The zero-order valence-corrected chi connectivity index (χ0v) is 8.95. The highest BCUT2D eigenvalue weighted by atomic mass is 35.5. The molecule has 0 saturated heterocycles. The van der Waals surface area contributed by atoms with Crippen molar-refractivity contribution >= 4 is 23.7 Å². The molecule has 1 rings (SSSR count). The fourth-order valence-corrected chi connectivity index (χ4v) is 1.24. The molecule has 1 heterocycles. The maximum absolute atomic E-state index is 10.7. The number of hydrogen-bond acceptors (Lipinski definition) is 4. The quantitative estimate of drug-likeness (QED) is 0.729. The number of aromatic carboxylic acids is 1. The van der Waals surface area contributed by atoms with Gasteiger partial charge in [-0.3, -0.25) is 0 Å². The molecule has 0 aliphatic rings. The van der Waals surface area contributed by atoms with Gasteiger partial charge in [-0.25, -0.2) is 19.6 Å². The monoisotopic (exact) mass is 245 g/mol. The first-order valence-electron chi connectivity index (χ1n) is 4.15. The van der Waals surface area contributed by atoms with Gasteiger partial charge in [0.1, 0.15) is 0 Å².